The van der Waals surface area contributed by atoms with Gasteiger partial charge in [0.1, 0.15) is 0 Å². The molecule has 1 unspecified atom stereocenters. The molecule has 0 fully saturated rings. The van der Waals surface area contributed by atoms with Crippen LogP contribution in [0.15, 0.2) is 23.1 Å². The van der Waals surface area contributed by atoms with Crippen molar-refractivity contribution in [3.05, 3.63) is 29.3 Å². The Balaban J connectivity index is 1.87. The Morgan fingerprint density at radius 3 is 2.90 bits per heavy atom. The van der Waals surface area contributed by atoms with Crippen molar-refractivity contribution in [2.45, 2.75) is 37.0 Å². The quantitative estimate of drug-likeness (QED) is 0.808. The monoisotopic (exact) mass is 304 g/mol. The topological polar surface area (TPSA) is 61.2 Å². The zero-order valence-corrected chi connectivity index (χ0v) is 13.1. The molecule has 1 amide bonds. The van der Waals surface area contributed by atoms with E-state index in [-0.39, 0.29) is 12.3 Å². The Hall–Kier alpha value is -1.67. The Morgan fingerprint density at radius 1 is 1.38 bits per heavy atom. The van der Waals surface area contributed by atoms with Gasteiger partial charge in [0.15, 0.2) is 0 Å². The van der Waals surface area contributed by atoms with Gasteiger partial charge in [0.05, 0.1) is 23.3 Å². The van der Waals surface area contributed by atoms with Crippen molar-refractivity contribution < 1.29 is 9.00 Å². The maximum atomic E-state index is 12.3. The standard InChI is InChI=1S/C16H20N2O2S/c1-18(10-3-9-17)16(19)8-11-21(20)15-7-6-13-4-2-5-14(13)12-15/h6-7,12H,2-5,8,10-11H2,1H3. The van der Waals surface area contributed by atoms with Crippen LogP contribution < -0.4 is 0 Å². The second-order valence-electron chi connectivity index (χ2n) is 5.31. The van der Waals surface area contributed by atoms with E-state index in [0.717, 1.165) is 17.7 Å². The maximum absolute atomic E-state index is 12.3. The van der Waals surface area contributed by atoms with Crippen LogP contribution in [0.5, 0.6) is 0 Å². The molecular formula is C16H20N2O2S. The number of carbonyl (C=O) groups is 1. The number of hydrogen-bond acceptors (Lipinski definition) is 3. The van der Waals surface area contributed by atoms with Gasteiger partial charge in [-0.3, -0.25) is 9.00 Å². The van der Waals surface area contributed by atoms with E-state index < -0.39 is 10.8 Å². The minimum absolute atomic E-state index is 0.0558. The summed E-state index contributed by atoms with van der Waals surface area (Å²) in [6.07, 6.45) is 3.94. The van der Waals surface area contributed by atoms with E-state index in [9.17, 15) is 9.00 Å². The van der Waals surface area contributed by atoms with Gasteiger partial charge in [-0.05, 0) is 42.5 Å². The number of aryl methyl sites for hydroxylation is 2. The van der Waals surface area contributed by atoms with Crippen LogP contribution in [0.2, 0.25) is 0 Å². The molecule has 0 spiro atoms. The number of hydrogen-bond donors (Lipinski definition) is 0. The molecule has 1 aromatic carbocycles. The largest absolute Gasteiger partial charge is 0.345 e. The number of amides is 1. The average Bonchev–Trinajstić information content (AvgIpc) is 2.97. The maximum Gasteiger partial charge on any atom is 0.223 e. The first-order chi connectivity index (χ1) is 10.1. The lowest BCUT2D eigenvalue weighted by Gasteiger charge is -2.15. The van der Waals surface area contributed by atoms with Gasteiger partial charge in [0.2, 0.25) is 5.91 Å². The molecule has 1 aliphatic rings. The lowest BCUT2D eigenvalue weighted by Crippen LogP contribution is -2.28. The number of carbonyl (C=O) groups excluding carboxylic acids is 1. The van der Waals surface area contributed by atoms with E-state index in [1.165, 1.54) is 22.4 Å². The molecule has 0 saturated carbocycles. The van der Waals surface area contributed by atoms with E-state index in [4.69, 9.17) is 5.26 Å². The molecule has 0 saturated heterocycles. The van der Waals surface area contributed by atoms with Gasteiger partial charge in [-0.25, -0.2) is 0 Å². The van der Waals surface area contributed by atoms with Gasteiger partial charge in [-0.2, -0.15) is 5.26 Å². The molecule has 1 aromatic rings. The Labute approximate surface area is 128 Å². The van der Waals surface area contributed by atoms with Crippen LogP contribution in [-0.2, 0) is 28.4 Å². The third kappa shape index (κ3) is 4.15. The molecule has 0 N–H and O–H groups in total. The van der Waals surface area contributed by atoms with Crippen LogP contribution in [0.25, 0.3) is 0 Å². The summed E-state index contributed by atoms with van der Waals surface area (Å²) in [7, 11) is 0.547. The molecule has 21 heavy (non-hydrogen) atoms. The molecule has 0 bridgehead atoms. The predicted octanol–water partition coefficient (Wildman–Crippen LogP) is 2.05. The summed E-state index contributed by atoms with van der Waals surface area (Å²) in [5, 5.41) is 8.50. The van der Waals surface area contributed by atoms with Crippen LogP contribution in [0.3, 0.4) is 0 Å². The Bertz CT molecular complexity index is 592. The van der Waals surface area contributed by atoms with Crippen LogP contribution in [0, 0.1) is 11.3 Å². The first-order valence-corrected chi connectivity index (χ1v) is 8.55. The van der Waals surface area contributed by atoms with E-state index in [0.29, 0.717) is 18.7 Å². The van der Waals surface area contributed by atoms with E-state index in [2.05, 4.69) is 6.07 Å². The van der Waals surface area contributed by atoms with Crippen molar-refractivity contribution in [1.82, 2.24) is 4.90 Å². The van der Waals surface area contributed by atoms with Crippen LogP contribution >= 0.6 is 0 Å². The fourth-order valence-corrected chi connectivity index (χ4v) is 3.61. The number of fused-ring (bicyclic) bond motifs is 1. The van der Waals surface area contributed by atoms with Crippen molar-refractivity contribution in [3.63, 3.8) is 0 Å². The van der Waals surface area contributed by atoms with Crippen molar-refractivity contribution in [1.29, 1.82) is 5.26 Å². The SMILES string of the molecule is CN(CCC#N)C(=O)CCS(=O)c1ccc2c(c1)CCC2. The highest BCUT2D eigenvalue weighted by molar-refractivity contribution is 7.85. The van der Waals surface area contributed by atoms with E-state index in [1.54, 1.807) is 7.05 Å². The highest BCUT2D eigenvalue weighted by Crippen LogP contribution is 2.24. The number of benzene rings is 1. The lowest BCUT2D eigenvalue weighted by molar-refractivity contribution is -0.129. The molecule has 0 aliphatic heterocycles. The molecule has 0 aromatic heterocycles. The molecule has 0 heterocycles. The van der Waals surface area contributed by atoms with E-state index >= 15 is 0 Å². The third-order valence-corrected chi connectivity index (χ3v) is 5.17. The summed E-state index contributed by atoms with van der Waals surface area (Å²) in [6, 6.07) is 8.03. The minimum Gasteiger partial charge on any atom is -0.345 e. The Kier molecular flexibility index (Phi) is 5.51. The molecule has 0 radical (unpaired) electrons. The second-order valence-corrected chi connectivity index (χ2v) is 6.88. The van der Waals surface area contributed by atoms with Crippen LogP contribution in [0.4, 0.5) is 0 Å². The number of nitriles is 1. The summed E-state index contributed by atoms with van der Waals surface area (Å²) in [5.41, 5.74) is 2.67. The van der Waals surface area contributed by atoms with Gasteiger partial charge >= 0.3 is 0 Å². The van der Waals surface area contributed by atoms with Crippen LogP contribution in [0.1, 0.15) is 30.4 Å². The molecular weight excluding hydrogens is 284 g/mol. The average molecular weight is 304 g/mol. The summed E-state index contributed by atoms with van der Waals surface area (Å²) in [6.45, 7) is 0.431. The summed E-state index contributed by atoms with van der Waals surface area (Å²) < 4.78 is 12.3. The second kappa shape index (κ2) is 7.37. The highest BCUT2D eigenvalue weighted by atomic mass is 32.2. The molecule has 5 heteroatoms. The van der Waals surface area contributed by atoms with Gasteiger partial charge in [0, 0.05) is 30.7 Å². The van der Waals surface area contributed by atoms with Crippen molar-refractivity contribution in [2.75, 3.05) is 19.3 Å². The Morgan fingerprint density at radius 2 is 2.14 bits per heavy atom. The van der Waals surface area contributed by atoms with Crippen LogP contribution in [-0.4, -0.2) is 34.4 Å². The molecule has 2 rings (SSSR count). The van der Waals surface area contributed by atoms with Gasteiger partial charge < -0.3 is 4.90 Å². The summed E-state index contributed by atoms with van der Waals surface area (Å²) >= 11 is 0. The van der Waals surface area contributed by atoms with E-state index in [1.807, 2.05) is 18.2 Å². The van der Waals surface area contributed by atoms with Gasteiger partial charge in [-0.1, -0.05) is 6.07 Å². The van der Waals surface area contributed by atoms with Crippen molar-refractivity contribution in [2.24, 2.45) is 0 Å². The fraction of sp³-hybridized carbons (Fsp3) is 0.500. The zero-order chi connectivity index (χ0) is 15.2. The number of rotatable bonds is 6. The summed E-state index contributed by atoms with van der Waals surface area (Å²) in [5.74, 6) is 0.286. The van der Waals surface area contributed by atoms with Gasteiger partial charge in [0.25, 0.3) is 0 Å². The molecule has 4 nitrogen and oxygen atoms in total. The minimum atomic E-state index is -1.13. The molecule has 1 atom stereocenters. The smallest absolute Gasteiger partial charge is 0.223 e. The first-order valence-electron chi connectivity index (χ1n) is 7.23. The zero-order valence-electron chi connectivity index (χ0n) is 12.3. The molecule has 112 valence electrons. The van der Waals surface area contributed by atoms with Gasteiger partial charge in [-0.15, -0.1) is 0 Å². The lowest BCUT2D eigenvalue weighted by atomic mass is 10.1. The fourth-order valence-electron chi connectivity index (χ4n) is 2.52. The van der Waals surface area contributed by atoms with Crippen molar-refractivity contribution >= 4 is 16.7 Å². The highest BCUT2D eigenvalue weighted by Gasteiger charge is 2.15. The van der Waals surface area contributed by atoms with Crippen molar-refractivity contribution in [3.8, 4) is 6.07 Å². The molecule has 1 aliphatic carbocycles. The normalized spacial score (nSPS) is 14.3. The predicted molar refractivity (Wildman–Crippen MR) is 82.2 cm³/mol. The number of nitrogens with zero attached hydrogens (tertiary/aromatic N) is 2. The third-order valence-electron chi connectivity index (χ3n) is 3.82. The summed E-state index contributed by atoms with van der Waals surface area (Å²) in [4.78, 5) is 14.2. The first kappa shape index (κ1) is 15.7.